The molecule has 1 aromatic carbocycles. The lowest BCUT2D eigenvalue weighted by atomic mass is 10.2. The molecule has 0 saturated carbocycles. The van der Waals surface area contributed by atoms with Gasteiger partial charge >= 0.3 is 7.60 Å². The molecule has 20 heavy (non-hydrogen) atoms. The standard InChI is InChI=1S/C14H21O5P/c1-14(2)16-10-13(19-14)11-18-20(3,15)17-9-12-7-5-4-6-8-12/h4-8,13H,9-11H2,1-3H3. The highest BCUT2D eigenvalue weighted by Crippen LogP contribution is 2.45. The highest BCUT2D eigenvalue weighted by molar-refractivity contribution is 7.52. The van der Waals surface area contributed by atoms with Gasteiger partial charge in [0.25, 0.3) is 0 Å². The number of benzene rings is 1. The molecule has 2 rings (SSSR count). The molecule has 0 N–H and O–H groups in total. The summed E-state index contributed by atoms with van der Waals surface area (Å²) in [5, 5.41) is 0. The van der Waals surface area contributed by atoms with Crippen LogP contribution in [0.1, 0.15) is 19.4 Å². The molecule has 1 fully saturated rings. The normalized spacial score (nSPS) is 24.4. The van der Waals surface area contributed by atoms with Crippen molar-refractivity contribution >= 4 is 7.60 Å². The third-order valence-corrected chi connectivity index (χ3v) is 4.09. The van der Waals surface area contributed by atoms with Crippen LogP contribution in [0.5, 0.6) is 0 Å². The van der Waals surface area contributed by atoms with Gasteiger partial charge in [0.15, 0.2) is 5.79 Å². The van der Waals surface area contributed by atoms with Crippen molar-refractivity contribution in [1.82, 2.24) is 0 Å². The molecule has 1 aliphatic rings. The first kappa shape index (κ1) is 15.7. The second-order valence-electron chi connectivity index (χ2n) is 5.28. The summed E-state index contributed by atoms with van der Waals surface area (Å²) in [7, 11) is -3.09. The Balaban J connectivity index is 1.75. The minimum atomic E-state index is -3.09. The number of hydrogen-bond donors (Lipinski definition) is 0. The number of hydrogen-bond acceptors (Lipinski definition) is 5. The Morgan fingerprint density at radius 2 is 2.00 bits per heavy atom. The van der Waals surface area contributed by atoms with Crippen molar-refractivity contribution in [3.05, 3.63) is 35.9 Å². The molecule has 6 heteroatoms. The molecule has 0 aliphatic carbocycles. The molecule has 5 nitrogen and oxygen atoms in total. The fourth-order valence-electron chi connectivity index (χ4n) is 1.87. The highest BCUT2D eigenvalue weighted by Gasteiger charge is 2.34. The zero-order valence-corrected chi connectivity index (χ0v) is 13.0. The summed E-state index contributed by atoms with van der Waals surface area (Å²) >= 11 is 0. The molecule has 0 spiro atoms. The van der Waals surface area contributed by atoms with E-state index in [0.717, 1.165) is 5.56 Å². The molecule has 112 valence electrons. The molecule has 1 saturated heterocycles. The molecule has 0 aromatic heterocycles. The Hall–Kier alpha value is -0.710. The summed E-state index contributed by atoms with van der Waals surface area (Å²) in [4.78, 5) is 0. The van der Waals surface area contributed by atoms with Gasteiger partial charge < -0.3 is 18.5 Å². The summed E-state index contributed by atoms with van der Waals surface area (Å²) in [6, 6.07) is 9.56. The van der Waals surface area contributed by atoms with Crippen molar-refractivity contribution in [2.24, 2.45) is 0 Å². The fraction of sp³-hybridized carbons (Fsp3) is 0.571. The number of ether oxygens (including phenoxy) is 2. The summed E-state index contributed by atoms with van der Waals surface area (Å²) in [5.41, 5.74) is 0.958. The van der Waals surface area contributed by atoms with Crippen LogP contribution >= 0.6 is 7.60 Å². The maximum absolute atomic E-state index is 12.2. The van der Waals surface area contributed by atoms with E-state index in [-0.39, 0.29) is 19.3 Å². The van der Waals surface area contributed by atoms with Crippen LogP contribution in [0.15, 0.2) is 30.3 Å². The lowest BCUT2D eigenvalue weighted by molar-refractivity contribution is -0.141. The average Bonchev–Trinajstić information content (AvgIpc) is 2.75. The Kier molecular flexibility index (Phi) is 4.99. The predicted molar refractivity (Wildman–Crippen MR) is 75.6 cm³/mol. The third-order valence-electron chi connectivity index (χ3n) is 2.87. The van der Waals surface area contributed by atoms with E-state index in [1.807, 2.05) is 44.2 Å². The molecule has 0 amide bonds. The topological polar surface area (TPSA) is 54.0 Å². The van der Waals surface area contributed by atoms with Gasteiger partial charge in [0, 0.05) is 6.66 Å². The maximum Gasteiger partial charge on any atom is 0.328 e. The summed E-state index contributed by atoms with van der Waals surface area (Å²) in [5.74, 6) is -0.601. The third kappa shape index (κ3) is 5.00. The first-order valence-electron chi connectivity index (χ1n) is 6.59. The first-order chi connectivity index (χ1) is 9.36. The van der Waals surface area contributed by atoms with Gasteiger partial charge in [-0.15, -0.1) is 0 Å². The van der Waals surface area contributed by atoms with Crippen LogP contribution in [0, 0.1) is 0 Å². The largest absolute Gasteiger partial charge is 0.348 e. The molecule has 1 aliphatic heterocycles. The lowest BCUT2D eigenvalue weighted by Crippen LogP contribution is -2.23. The summed E-state index contributed by atoms with van der Waals surface area (Å²) in [6.45, 7) is 6.05. The van der Waals surface area contributed by atoms with Crippen molar-refractivity contribution in [3.63, 3.8) is 0 Å². The Labute approximate surface area is 119 Å². The molecule has 1 heterocycles. The Morgan fingerprint density at radius 1 is 1.30 bits per heavy atom. The monoisotopic (exact) mass is 300 g/mol. The van der Waals surface area contributed by atoms with Gasteiger partial charge in [-0.1, -0.05) is 30.3 Å². The van der Waals surface area contributed by atoms with Crippen LogP contribution in [-0.2, 0) is 29.7 Å². The van der Waals surface area contributed by atoms with E-state index in [4.69, 9.17) is 18.5 Å². The van der Waals surface area contributed by atoms with Crippen molar-refractivity contribution < 1.29 is 23.1 Å². The molecular weight excluding hydrogens is 279 g/mol. The SMILES string of the molecule is CC1(C)OCC(COP(C)(=O)OCc2ccccc2)O1. The second-order valence-corrected chi connectivity index (χ2v) is 7.34. The lowest BCUT2D eigenvalue weighted by Gasteiger charge is -2.19. The van der Waals surface area contributed by atoms with Gasteiger partial charge in [0.2, 0.25) is 0 Å². The van der Waals surface area contributed by atoms with E-state index in [1.54, 1.807) is 0 Å². The van der Waals surface area contributed by atoms with E-state index in [2.05, 4.69) is 0 Å². The minimum absolute atomic E-state index is 0.200. The van der Waals surface area contributed by atoms with Crippen molar-refractivity contribution in [2.75, 3.05) is 19.9 Å². The molecular formula is C14H21O5P. The van der Waals surface area contributed by atoms with Gasteiger partial charge in [-0.05, 0) is 19.4 Å². The van der Waals surface area contributed by atoms with Gasteiger partial charge in [-0.25, -0.2) is 0 Å². The van der Waals surface area contributed by atoms with Gasteiger partial charge in [-0.3, -0.25) is 4.57 Å². The Bertz CT molecular complexity index is 474. The van der Waals surface area contributed by atoms with Crippen LogP contribution in [0.2, 0.25) is 0 Å². The molecule has 1 aromatic rings. The molecule has 0 radical (unpaired) electrons. The van der Waals surface area contributed by atoms with Gasteiger partial charge in [0.05, 0.1) is 19.8 Å². The fourth-order valence-corrected chi connectivity index (χ4v) is 2.76. The Morgan fingerprint density at radius 3 is 2.60 bits per heavy atom. The van der Waals surface area contributed by atoms with E-state index in [1.165, 1.54) is 6.66 Å². The van der Waals surface area contributed by atoms with Gasteiger partial charge in [0.1, 0.15) is 6.10 Å². The van der Waals surface area contributed by atoms with Crippen molar-refractivity contribution in [3.8, 4) is 0 Å². The van der Waals surface area contributed by atoms with E-state index in [9.17, 15) is 4.57 Å². The smallest absolute Gasteiger partial charge is 0.328 e. The van der Waals surface area contributed by atoms with Crippen LogP contribution in [0.3, 0.4) is 0 Å². The quantitative estimate of drug-likeness (QED) is 0.755. The van der Waals surface area contributed by atoms with Crippen molar-refractivity contribution in [2.45, 2.75) is 32.3 Å². The minimum Gasteiger partial charge on any atom is -0.348 e. The van der Waals surface area contributed by atoms with E-state index in [0.29, 0.717) is 6.61 Å². The summed E-state index contributed by atoms with van der Waals surface area (Å²) in [6.07, 6.45) is -0.210. The molecule has 2 unspecified atom stereocenters. The summed E-state index contributed by atoms with van der Waals surface area (Å²) < 4.78 is 33.9. The second kappa shape index (κ2) is 6.37. The number of rotatable bonds is 6. The average molecular weight is 300 g/mol. The zero-order valence-electron chi connectivity index (χ0n) is 12.1. The predicted octanol–water partition coefficient (Wildman–Crippen LogP) is 3.19. The van der Waals surface area contributed by atoms with Gasteiger partial charge in [-0.2, -0.15) is 0 Å². The molecule has 2 atom stereocenters. The molecule has 0 bridgehead atoms. The first-order valence-corrected chi connectivity index (χ1v) is 8.58. The van der Waals surface area contributed by atoms with Crippen LogP contribution in [0.4, 0.5) is 0 Å². The van der Waals surface area contributed by atoms with Crippen LogP contribution in [0.25, 0.3) is 0 Å². The maximum atomic E-state index is 12.2. The van der Waals surface area contributed by atoms with E-state index < -0.39 is 13.4 Å². The van der Waals surface area contributed by atoms with Crippen LogP contribution in [-0.4, -0.2) is 31.8 Å². The zero-order chi connectivity index (χ0) is 14.6. The van der Waals surface area contributed by atoms with E-state index >= 15 is 0 Å². The van der Waals surface area contributed by atoms with Crippen LogP contribution < -0.4 is 0 Å². The van der Waals surface area contributed by atoms with Crippen molar-refractivity contribution in [1.29, 1.82) is 0 Å². The highest BCUT2D eigenvalue weighted by atomic mass is 31.2.